The Morgan fingerprint density at radius 2 is 1.91 bits per heavy atom. The number of benzene rings is 1. The Balaban J connectivity index is 2.06. The lowest BCUT2D eigenvalue weighted by molar-refractivity contribution is -0.123. The molecule has 0 fully saturated rings. The lowest BCUT2D eigenvalue weighted by atomic mass is 10.2. The normalized spacial score (nSPS) is 11.1. The molecular formula is C15H13F3N2O3. The molecule has 1 aromatic heterocycles. The van der Waals surface area contributed by atoms with Crippen LogP contribution >= 0.6 is 0 Å². The van der Waals surface area contributed by atoms with Crippen molar-refractivity contribution in [3.05, 3.63) is 53.5 Å². The molecule has 0 spiro atoms. The van der Waals surface area contributed by atoms with Crippen molar-refractivity contribution in [3.63, 3.8) is 0 Å². The maximum Gasteiger partial charge on any atom is 0.405 e. The minimum atomic E-state index is -4.49. The van der Waals surface area contributed by atoms with Gasteiger partial charge in [0, 0.05) is 16.8 Å². The van der Waals surface area contributed by atoms with Gasteiger partial charge in [0.1, 0.15) is 6.54 Å². The Kier molecular flexibility index (Phi) is 4.73. The maximum absolute atomic E-state index is 12.1. The van der Waals surface area contributed by atoms with Crippen molar-refractivity contribution in [2.75, 3.05) is 11.9 Å². The van der Waals surface area contributed by atoms with Crippen LogP contribution in [0.25, 0.3) is 0 Å². The summed E-state index contributed by atoms with van der Waals surface area (Å²) in [6.45, 7) is 0.271. The number of furan rings is 1. The van der Waals surface area contributed by atoms with Gasteiger partial charge in [0.25, 0.3) is 11.8 Å². The second kappa shape index (κ2) is 6.55. The monoisotopic (exact) mass is 326 g/mol. The highest BCUT2D eigenvalue weighted by Gasteiger charge is 2.27. The molecule has 23 heavy (non-hydrogen) atoms. The number of carbonyl (C=O) groups excluding carboxylic acids is 2. The van der Waals surface area contributed by atoms with E-state index in [1.165, 1.54) is 30.5 Å². The Bertz CT molecular complexity index is 723. The second-order valence-electron chi connectivity index (χ2n) is 4.77. The highest BCUT2D eigenvalue weighted by atomic mass is 19.4. The first-order valence-corrected chi connectivity index (χ1v) is 6.57. The summed E-state index contributed by atoms with van der Waals surface area (Å²) in [5.74, 6) is -1.27. The molecule has 0 aliphatic rings. The number of alkyl halides is 3. The van der Waals surface area contributed by atoms with Crippen molar-refractivity contribution in [2.45, 2.75) is 13.1 Å². The molecule has 0 aliphatic carbocycles. The summed E-state index contributed by atoms with van der Waals surface area (Å²) in [6, 6.07) is 7.21. The number of carbonyl (C=O) groups is 2. The standard InChI is InChI=1S/C15H13F3N2O3/c1-9-5-6-23-12(9)14(22)20-11-4-2-3-10(7-11)13(21)19-8-15(16,17)18/h2-7H,8H2,1H3,(H,19,21)(H,20,22). The number of rotatable bonds is 4. The highest BCUT2D eigenvalue weighted by molar-refractivity contribution is 6.04. The molecule has 0 atom stereocenters. The van der Waals surface area contributed by atoms with Crippen LogP contribution in [-0.2, 0) is 0 Å². The minimum Gasteiger partial charge on any atom is -0.459 e. The van der Waals surface area contributed by atoms with Crippen LogP contribution in [0.2, 0.25) is 0 Å². The third-order valence-electron chi connectivity index (χ3n) is 2.90. The van der Waals surface area contributed by atoms with Crippen LogP contribution in [0.15, 0.2) is 41.0 Å². The van der Waals surface area contributed by atoms with Crippen LogP contribution in [0.5, 0.6) is 0 Å². The van der Waals surface area contributed by atoms with Gasteiger partial charge in [-0.05, 0) is 31.2 Å². The first-order valence-electron chi connectivity index (χ1n) is 6.57. The molecule has 122 valence electrons. The van der Waals surface area contributed by atoms with Gasteiger partial charge in [-0.15, -0.1) is 0 Å². The molecular weight excluding hydrogens is 313 g/mol. The van der Waals surface area contributed by atoms with Gasteiger partial charge in [0.15, 0.2) is 5.76 Å². The summed E-state index contributed by atoms with van der Waals surface area (Å²) in [5, 5.41) is 4.28. The molecule has 2 amide bonds. The summed E-state index contributed by atoms with van der Waals surface area (Å²) in [4.78, 5) is 23.6. The summed E-state index contributed by atoms with van der Waals surface area (Å²) in [5.41, 5.74) is 0.912. The van der Waals surface area contributed by atoms with Crippen LogP contribution in [-0.4, -0.2) is 24.5 Å². The zero-order chi connectivity index (χ0) is 17.0. The number of halogens is 3. The van der Waals surface area contributed by atoms with E-state index in [1.807, 2.05) is 0 Å². The molecule has 2 aromatic rings. The van der Waals surface area contributed by atoms with Crippen molar-refractivity contribution < 1.29 is 27.2 Å². The molecule has 0 unspecified atom stereocenters. The summed E-state index contributed by atoms with van der Waals surface area (Å²) in [7, 11) is 0. The number of hydrogen-bond donors (Lipinski definition) is 2. The smallest absolute Gasteiger partial charge is 0.405 e. The third-order valence-corrected chi connectivity index (χ3v) is 2.90. The van der Waals surface area contributed by atoms with Gasteiger partial charge in [-0.1, -0.05) is 6.07 Å². The van der Waals surface area contributed by atoms with E-state index in [9.17, 15) is 22.8 Å². The Morgan fingerprint density at radius 3 is 2.52 bits per heavy atom. The third kappa shape index (κ3) is 4.60. The van der Waals surface area contributed by atoms with Gasteiger partial charge in [0.2, 0.25) is 0 Å². The molecule has 8 heteroatoms. The SMILES string of the molecule is Cc1ccoc1C(=O)Nc1cccc(C(=O)NCC(F)(F)F)c1. The molecule has 0 saturated carbocycles. The average molecular weight is 326 g/mol. The predicted molar refractivity (Wildman–Crippen MR) is 76.2 cm³/mol. The zero-order valence-corrected chi connectivity index (χ0v) is 12.0. The van der Waals surface area contributed by atoms with Crippen molar-refractivity contribution in [1.82, 2.24) is 5.32 Å². The van der Waals surface area contributed by atoms with E-state index < -0.39 is 24.5 Å². The number of nitrogens with one attached hydrogen (secondary N) is 2. The molecule has 0 aliphatic heterocycles. The fourth-order valence-electron chi connectivity index (χ4n) is 1.81. The van der Waals surface area contributed by atoms with Crippen molar-refractivity contribution >= 4 is 17.5 Å². The fourth-order valence-corrected chi connectivity index (χ4v) is 1.81. The van der Waals surface area contributed by atoms with Gasteiger partial charge in [-0.2, -0.15) is 13.2 Å². The molecule has 2 N–H and O–H groups in total. The summed E-state index contributed by atoms with van der Waals surface area (Å²) in [6.07, 6.45) is -3.12. The molecule has 0 saturated heterocycles. The van der Waals surface area contributed by atoms with Gasteiger partial charge in [-0.25, -0.2) is 0 Å². The van der Waals surface area contributed by atoms with Crippen LogP contribution < -0.4 is 10.6 Å². The quantitative estimate of drug-likeness (QED) is 0.907. The summed E-state index contributed by atoms with van der Waals surface area (Å²) >= 11 is 0. The molecule has 5 nitrogen and oxygen atoms in total. The van der Waals surface area contributed by atoms with E-state index in [0.717, 1.165) is 0 Å². The largest absolute Gasteiger partial charge is 0.459 e. The fraction of sp³-hybridized carbons (Fsp3) is 0.200. The number of aryl methyl sites for hydroxylation is 1. The van der Waals surface area contributed by atoms with E-state index in [2.05, 4.69) is 5.32 Å². The first-order chi connectivity index (χ1) is 10.8. The van der Waals surface area contributed by atoms with E-state index in [0.29, 0.717) is 5.56 Å². The zero-order valence-electron chi connectivity index (χ0n) is 12.0. The van der Waals surface area contributed by atoms with E-state index in [-0.39, 0.29) is 17.0 Å². The lowest BCUT2D eigenvalue weighted by Crippen LogP contribution is -2.33. The van der Waals surface area contributed by atoms with Gasteiger partial charge >= 0.3 is 6.18 Å². The Morgan fingerprint density at radius 1 is 1.17 bits per heavy atom. The Labute approximate surface area is 129 Å². The van der Waals surface area contributed by atoms with Crippen molar-refractivity contribution in [1.29, 1.82) is 0 Å². The topological polar surface area (TPSA) is 71.3 Å². The lowest BCUT2D eigenvalue weighted by Gasteiger charge is -2.09. The van der Waals surface area contributed by atoms with E-state index >= 15 is 0 Å². The predicted octanol–water partition coefficient (Wildman–Crippen LogP) is 3.13. The van der Waals surface area contributed by atoms with Crippen molar-refractivity contribution in [2.24, 2.45) is 0 Å². The highest BCUT2D eigenvalue weighted by Crippen LogP contribution is 2.16. The van der Waals surface area contributed by atoms with Crippen LogP contribution in [0.1, 0.15) is 26.5 Å². The summed E-state index contributed by atoms with van der Waals surface area (Å²) < 4.78 is 41.3. The number of amides is 2. The molecule has 0 bridgehead atoms. The van der Waals surface area contributed by atoms with Crippen LogP contribution in [0, 0.1) is 6.92 Å². The average Bonchev–Trinajstić information content (AvgIpc) is 2.90. The molecule has 1 heterocycles. The molecule has 2 rings (SSSR count). The second-order valence-corrected chi connectivity index (χ2v) is 4.77. The Hall–Kier alpha value is -2.77. The number of hydrogen-bond acceptors (Lipinski definition) is 3. The minimum absolute atomic E-state index is 0.00298. The molecule has 1 aromatic carbocycles. The van der Waals surface area contributed by atoms with Gasteiger partial charge < -0.3 is 15.1 Å². The van der Waals surface area contributed by atoms with E-state index in [1.54, 1.807) is 18.3 Å². The molecule has 0 radical (unpaired) electrons. The van der Waals surface area contributed by atoms with Crippen LogP contribution in [0.4, 0.5) is 18.9 Å². The van der Waals surface area contributed by atoms with E-state index in [4.69, 9.17) is 4.42 Å². The maximum atomic E-state index is 12.1. The van der Waals surface area contributed by atoms with Gasteiger partial charge in [-0.3, -0.25) is 9.59 Å². The number of anilines is 1. The van der Waals surface area contributed by atoms with Crippen molar-refractivity contribution in [3.8, 4) is 0 Å². The first kappa shape index (κ1) is 16.6. The van der Waals surface area contributed by atoms with Gasteiger partial charge in [0.05, 0.1) is 6.26 Å². The van der Waals surface area contributed by atoms with Crippen LogP contribution in [0.3, 0.4) is 0 Å².